The number of piperazine rings is 1. The summed E-state index contributed by atoms with van der Waals surface area (Å²) in [4.78, 5) is 20.8. The molecule has 12 heteroatoms. The molecule has 6 rings (SSSR count). The highest BCUT2D eigenvalue weighted by Gasteiger charge is 2.27. The highest BCUT2D eigenvalue weighted by molar-refractivity contribution is 6.43. The first-order valence-corrected chi connectivity index (χ1v) is 12.9. The highest BCUT2D eigenvalue weighted by Crippen LogP contribution is 2.33. The maximum absolute atomic E-state index is 6.44. The third-order valence-electron chi connectivity index (χ3n) is 6.93. The van der Waals surface area contributed by atoms with Gasteiger partial charge in [-0.25, -0.2) is 0 Å². The van der Waals surface area contributed by atoms with Gasteiger partial charge >= 0.3 is 0 Å². The van der Waals surface area contributed by atoms with Gasteiger partial charge in [0.1, 0.15) is 0 Å². The molecule has 0 radical (unpaired) electrons. The second kappa shape index (κ2) is 9.76. The van der Waals surface area contributed by atoms with Crippen LogP contribution in [0.15, 0.2) is 41.0 Å². The Balaban J connectivity index is 1.10. The molecule has 2 aliphatic heterocycles. The maximum Gasteiger partial charge on any atom is 0.259 e. The molecule has 0 aliphatic carbocycles. The molecule has 2 aliphatic rings. The van der Waals surface area contributed by atoms with Crippen molar-refractivity contribution in [1.82, 2.24) is 29.5 Å². The van der Waals surface area contributed by atoms with Gasteiger partial charge in [-0.3, -0.25) is 4.90 Å². The van der Waals surface area contributed by atoms with E-state index in [4.69, 9.17) is 33.4 Å². The number of nitrogens with two attached hydrogens (primary N) is 1. The van der Waals surface area contributed by atoms with Gasteiger partial charge in [0, 0.05) is 45.8 Å². The summed E-state index contributed by atoms with van der Waals surface area (Å²) >= 11 is 12.7. The van der Waals surface area contributed by atoms with Crippen LogP contribution in [0.4, 0.5) is 17.6 Å². The van der Waals surface area contributed by atoms with E-state index >= 15 is 0 Å². The number of benzene rings is 1. The van der Waals surface area contributed by atoms with Gasteiger partial charge in [0.25, 0.3) is 5.78 Å². The maximum atomic E-state index is 6.44. The first kappa shape index (κ1) is 23.3. The van der Waals surface area contributed by atoms with E-state index in [2.05, 4.69) is 34.8 Å². The van der Waals surface area contributed by atoms with Crippen LogP contribution in [0, 0.1) is 5.92 Å². The van der Waals surface area contributed by atoms with Gasteiger partial charge in [0.05, 0.1) is 22.0 Å². The molecule has 188 valence electrons. The van der Waals surface area contributed by atoms with Crippen LogP contribution in [0.25, 0.3) is 17.4 Å². The normalized spacial score (nSPS) is 19.3. The molecule has 0 saturated carbocycles. The molecule has 3 aromatic heterocycles. The SMILES string of the molecule is Nc1nc(N2CCCC(CN3CCN(c4cccc(Cl)c4Cl)CC3)C2)nc2nc(-c3ccco3)nn12. The Bertz CT molecular complexity index is 1350. The van der Waals surface area contributed by atoms with Crippen molar-refractivity contribution < 1.29 is 4.42 Å². The zero-order valence-corrected chi connectivity index (χ0v) is 21.2. The van der Waals surface area contributed by atoms with Gasteiger partial charge in [-0.05, 0) is 43.0 Å². The van der Waals surface area contributed by atoms with E-state index in [1.54, 1.807) is 18.4 Å². The van der Waals surface area contributed by atoms with Crippen LogP contribution in [0.1, 0.15) is 12.8 Å². The largest absolute Gasteiger partial charge is 0.461 e. The fraction of sp³-hybridized carbons (Fsp3) is 0.417. The number of hydrogen-bond acceptors (Lipinski definition) is 9. The fourth-order valence-electron chi connectivity index (χ4n) is 5.11. The number of piperidine rings is 1. The lowest BCUT2D eigenvalue weighted by Gasteiger charge is -2.40. The van der Waals surface area contributed by atoms with E-state index in [-0.39, 0.29) is 5.95 Å². The number of furan rings is 1. The van der Waals surface area contributed by atoms with Crippen molar-refractivity contribution in [3.63, 3.8) is 0 Å². The van der Waals surface area contributed by atoms with Crippen molar-refractivity contribution in [2.24, 2.45) is 5.92 Å². The molecule has 2 saturated heterocycles. The standard InChI is InChI=1S/C24H27Cl2N9O/c25-17-5-1-6-18(20(17)26)33-11-9-32(10-12-33)14-16-4-2-8-34(15-16)23-29-22(27)35-24(30-23)28-21(31-35)19-7-3-13-36-19/h1,3,5-7,13,16H,2,4,8-12,14-15H2,(H2,27,28,29,30,31). The molecule has 0 amide bonds. The number of hydrogen-bond donors (Lipinski definition) is 1. The van der Waals surface area contributed by atoms with Gasteiger partial charge < -0.3 is 20.0 Å². The van der Waals surface area contributed by atoms with E-state index in [0.717, 1.165) is 57.9 Å². The lowest BCUT2D eigenvalue weighted by Crippen LogP contribution is -2.50. The van der Waals surface area contributed by atoms with Gasteiger partial charge in [-0.2, -0.15) is 19.5 Å². The van der Waals surface area contributed by atoms with Gasteiger partial charge in [0.15, 0.2) is 5.76 Å². The predicted molar refractivity (Wildman–Crippen MR) is 141 cm³/mol. The van der Waals surface area contributed by atoms with E-state index in [0.29, 0.717) is 39.3 Å². The Labute approximate surface area is 218 Å². The number of anilines is 3. The molecular formula is C24H27Cl2N9O. The van der Waals surface area contributed by atoms with Crippen molar-refractivity contribution in [3.05, 3.63) is 46.6 Å². The summed E-state index contributed by atoms with van der Waals surface area (Å²) in [5.41, 5.74) is 7.23. The molecule has 0 bridgehead atoms. The van der Waals surface area contributed by atoms with E-state index in [1.807, 2.05) is 18.2 Å². The lowest BCUT2D eigenvalue weighted by atomic mass is 9.97. The Morgan fingerprint density at radius 1 is 0.972 bits per heavy atom. The monoisotopic (exact) mass is 527 g/mol. The molecule has 36 heavy (non-hydrogen) atoms. The smallest absolute Gasteiger partial charge is 0.259 e. The second-order valence-electron chi connectivity index (χ2n) is 9.32. The fourth-order valence-corrected chi connectivity index (χ4v) is 5.53. The Morgan fingerprint density at radius 3 is 2.64 bits per heavy atom. The minimum absolute atomic E-state index is 0.262. The molecule has 2 N–H and O–H groups in total. The summed E-state index contributed by atoms with van der Waals surface area (Å²) in [5, 5.41) is 5.62. The summed E-state index contributed by atoms with van der Waals surface area (Å²) in [6.07, 6.45) is 3.85. The van der Waals surface area contributed by atoms with Crippen molar-refractivity contribution in [2.45, 2.75) is 12.8 Å². The minimum atomic E-state index is 0.262. The molecule has 0 spiro atoms. The predicted octanol–water partition coefficient (Wildman–Crippen LogP) is 3.71. The van der Waals surface area contributed by atoms with Crippen LogP contribution in [-0.4, -0.2) is 75.3 Å². The van der Waals surface area contributed by atoms with Crippen molar-refractivity contribution in [2.75, 3.05) is 61.3 Å². The number of aromatic nitrogens is 5. The molecule has 1 unspecified atom stereocenters. The molecule has 1 atom stereocenters. The topological polar surface area (TPSA) is 105 Å². The summed E-state index contributed by atoms with van der Waals surface area (Å²) in [5.74, 6) is 2.81. The van der Waals surface area contributed by atoms with Crippen LogP contribution < -0.4 is 15.5 Å². The Kier molecular flexibility index (Phi) is 6.32. The van der Waals surface area contributed by atoms with Crippen molar-refractivity contribution >= 4 is 46.6 Å². The Hall–Kier alpha value is -3.08. The Morgan fingerprint density at radius 2 is 1.83 bits per heavy atom. The van der Waals surface area contributed by atoms with Crippen molar-refractivity contribution in [1.29, 1.82) is 0 Å². The number of rotatable bonds is 5. The van der Waals surface area contributed by atoms with Crippen LogP contribution in [0.3, 0.4) is 0 Å². The molecule has 1 aromatic carbocycles. The lowest BCUT2D eigenvalue weighted by molar-refractivity contribution is 0.205. The third-order valence-corrected chi connectivity index (χ3v) is 7.73. The molecular weight excluding hydrogens is 501 g/mol. The summed E-state index contributed by atoms with van der Waals surface area (Å²) in [6.45, 7) is 6.66. The van der Waals surface area contributed by atoms with Crippen LogP contribution in [-0.2, 0) is 0 Å². The average Bonchev–Trinajstić information content (AvgIpc) is 3.57. The van der Waals surface area contributed by atoms with Crippen molar-refractivity contribution in [3.8, 4) is 11.6 Å². The first-order valence-electron chi connectivity index (χ1n) is 12.2. The van der Waals surface area contributed by atoms with E-state index in [1.165, 1.54) is 10.9 Å². The van der Waals surface area contributed by atoms with Gasteiger partial charge in [-0.1, -0.05) is 29.3 Å². The van der Waals surface area contributed by atoms with Crippen LogP contribution in [0.5, 0.6) is 0 Å². The number of halogens is 2. The number of nitrogens with zero attached hydrogens (tertiary/aromatic N) is 8. The van der Waals surface area contributed by atoms with Crippen LogP contribution >= 0.6 is 23.2 Å². The summed E-state index contributed by atoms with van der Waals surface area (Å²) in [6, 6.07) is 9.42. The first-order chi connectivity index (χ1) is 17.5. The summed E-state index contributed by atoms with van der Waals surface area (Å²) in [7, 11) is 0. The third kappa shape index (κ3) is 4.56. The molecule has 2 fully saturated rings. The molecule has 10 nitrogen and oxygen atoms in total. The zero-order chi connectivity index (χ0) is 24.6. The molecule has 4 aromatic rings. The van der Waals surface area contributed by atoms with E-state index < -0.39 is 0 Å². The summed E-state index contributed by atoms with van der Waals surface area (Å²) < 4.78 is 6.86. The average molecular weight is 528 g/mol. The minimum Gasteiger partial charge on any atom is -0.461 e. The number of nitrogen functional groups attached to an aromatic ring is 1. The second-order valence-corrected chi connectivity index (χ2v) is 10.1. The number of fused-ring (bicyclic) bond motifs is 1. The highest BCUT2D eigenvalue weighted by atomic mass is 35.5. The van der Waals surface area contributed by atoms with Crippen LogP contribution in [0.2, 0.25) is 10.0 Å². The molecule has 5 heterocycles. The zero-order valence-electron chi connectivity index (χ0n) is 19.7. The van der Waals surface area contributed by atoms with Gasteiger partial charge in [-0.15, -0.1) is 5.10 Å². The van der Waals surface area contributed by atoms with Gasteiger partial charge in [0.2, 0.25) is 17.7 Å². The van der Waals surface area contributed by atoms with E-state index in [9.17, 15) is 0 Å². The quantitative estimate of drug-likeness (QED) is 0.415.